The maximum absolute atomic E-state index is 10.6. The van der Waals surface area contributed by atoms with Crippen LogP contribution in [0.15, 0.2) is 121 Å². The van der Waals surface area contributed by atoms with Gasteiger partial charge in [-0.3, -0.25) is 0 Å². The Morgan fingerprint density at radius 2 is 1.47 bits per heavy atom. The molecule has 0 radical (unpaired) electrons. The molecule has 0 fully saturated rings. The summed E-state index contributed by atoms with van der Waals surface area (Å²) in [6.45, 7) is 4.58. The van der Waals surface area contributed by atoms with Crippen molar-refractivity contribution in [2.45, 2.75) is 57.9 Å². The van der Waals surface area contributed by atoms with Gasteiger partial charge >= 0.3 is 0 Å². The first kappa shape index (κ1) is 30.5. The SMILES string of the molecule is CCCC(c1ccccc1-c1ccc(-n2c3c(c4ccccc42)CCC=CC3)c(C#N)c1)C(C)n1c2ccccc2c2c(C#N)cccc21. The number of nitriles is 2. The lowest BCUT2D eigenvalue weighted by Crippen LogP contribution is -2.16. The Morgan fingerprint density at radius 3 is 2.29 bits per heavy atom. The lowest BCUT2D eigenvalue weighted by Gasteiger charge is -2.29. The van der Waals surface area contributed by atoms with Crippen LogP contribution in [0, 0.1) is 22.7 Å². The molecule has 2 heterocycles. The van der Waals surface area contributed by atoms with E-state index in [4.69, 9.17) is 0 Å². The highest BCUT2D eigenvalue weighted by molar-refractivity contribution is 6.10. The largest absolute Gasteiger partial charge is 0.337 e. The van der Waals surface area contributed by atoms with Crippen molar-refractivity contribution in [1.29, 1.82) is 10.5 Å². The monoisotopic (exact) mass is 634 g/mol. The van der Waals surface area contributed by atoms with Gasteiger partial charge in [-0.1, -0.05) is 98.3 Å². The summed E-state index contributed by atoms with van der Waals surface area (Å²) in [5, 5.41) is 24.1. The predicted molar refractivity (Wildman–Crippen MR) is 201 cm³/mol. The minimum absolute atomic E-state index is 0.113. The minimum Gasteiger partial charge on any atom is -0.337 e. The molecule has 2 atom stereocenters. The molecule has 1 aliphatic carbocycles. The normalized spacial score (nSPS) is 14.0. The standard InChI is InChI=1S/C45H38N4/c1-3-14-34(30(2)48-43-23-12-10-20-39(43)45-32(28-46)15-13-24-44(45)48)36-17-8-7-16-35(36)31-25-26-40(33(27-31)29-47)49-41-21-6-4-5-18-37(41)38-19-9-11-22-42(38)49/h4,6-13,15-17,19-20,22-27,30,34H,3,5,14,18,21H2,1-2H3. The van der Waals surface area contributed by atoms with Gasteiger partial charge in [0, 0.05) is 45.7 Å². The first-order valence-electron chi connectivity index (χ1n) is 17.5. The Balaban J connectivity index is 1.27. The third-order valence-electron chi connectivity index (χ3n) is 10.6. The molecule has 0 saturated carbocycles. The molecule has 0 spiro atoms. The van der Waals surface area contributed by atoms with E-state index >= 15 is 0 Å². The molecule has 49 heavy (non-hydrogen) atoms. The van der Waals surface area contributed by atoms with Crippen LogP contribution in [0.5, 0.6) is 0 Å². The van der Waals surface area contributed by atoms with Crippen LogP contribution in [0.1, 0.15) is 73.0 Å². The molecule has 4 heteroatoms. The van der Waals surface area contributed by atoms with Crippen molar-refractivity contribution < 1.29 is 0 Å². The zero-order valence-corrected chi connectivity index (χ0v) is 28.0. The van der Waals surface area contributed by atoms with Gasteiger partial charge in [0.25, 0.3) is 0 Å². The van der Waals surface area contributed by atoms with Crippen LogP contribution in [0.4, 0.5) is 0 Å². The zero-order valence-electron chi connectivity index (χ0n) is 28.0. The molecule has 0 aliphatic heterocycles. The molecule has 2 aromatic heterocycles. The number of aryl methyl sites for hydroxylation is 1. The minimum atomic E-state index is 0.113. The molecule has 7 aromatic rings. The Bertz CT molecular complexity index is 2490. The lowest BCUT2D eigenvalue weighted by atomic mass is 9.83. The molecule has 2 unspecified atom stereocenters. The maximum atomic E-state index is 10.6. The second-order valence-electron chi connectivity index (χ2n) is 13.3. The number of fused-ring (bicyclic) bond motifs is 6. The first-order valence-corrected chi connectivity index (χ1v) is 17.5. The summed E-state index contributed by atoms with van der Waals surface area (Å²) in [4.78, 5) is 0. The molecule has 1 aliphatic rings. The quantitative estimate of drug-likeness (QED) is 0.164. The van der Waals surface area contributed by atoms with E-state index in [1.165, 1.54) is 22.2 Å². The van der Waals surface area contributed by atoms with Gasteiger partial charge < -0.3 is 9.13 Å². The fourth-order valence-corrected chi connectivity index (χ4v) is 8.47. The highest BCUT2D eigenvalue weighted by Gasteiger charge is 2.27. The molecule has 4 nitrogen and oxygen atoms in total. The number of benzene rings is 5. The van der Waals surface area contributed by atoms with Gasteiger partial charge in [-0.15, -0.1) is 0 Å². The van der Waals surface area contributed by atoms with E-state index in [1.807, 2.05) is 12.1 Å². The lowest BCUT2D eigenvalue weighted by molar-refractivity contribution is 0.437. The molecule has 5 aromatic carbocycles. The fourth-order valence-electron chi connectivity index (χ4n) is 8.47. The van der Waals surface area contributed by atoms with Crippen molar-refractivity contribution in [1.82, 2.24) is 9.13 Å². The number of aromatic nitrogens is 2. The maximum Gasteiger partial charge on any atom is 0.101 e. The van der Waals surface area contributed by atoms with E-state index in [2.05, 4.69) is 144 Å². The van der Waals surface area contributed by atoms with Crippen LogP contribution in [-0.2, 0) is 12.8 Å². The van der Waals surface area contributed by atoms with Crippen LogP contribution in [0.3, 0.4) is 0 Å². The molecular formula is C45H38N4. The third kappa shape index (κ3) is 4.95. The topological polar surface area (TPSA) is 57.4 Å². The van der Waals surface area contributed by atoms with Crippen LogP contribution in [0.2, 0.25) is 0 Å². The second kappa shape index (κ2) is 12.6. The molecular weight excluding hydrogens is 597 g/mol. The van der Waals surface area contributed by atoms with Crippen LogP contribution >= 0.6 is 0 Å². The fraction of sp³-hybridized carbons (Fsp3) is 0.200. The zero-order chi connectivity index (χ0) is 33.5. The molecule has 8 rings (SSSR count). The molecule has 0 bridgehead atoms. The summed E-state index contributed by atoms with van der Waals surface area (Å²) in [5.74, 6) is 0.201. The summed E-state index contributed by atoms with van der Waals surface area (Å²) < 4.78 is 4.78. The van der Waals surface area contributed by atoms with Crippen LogP contribution in [0.25, 0.3) is 49.5 Å². The highest BCUT2D eigenvalue weighted by Crippen LogP contribution is 2.44. The summed E-state index contributed by atoms with van der Waals surface area (Å²) in [6, 6.07) is 43.5. The smallest absolute Gasteiger partial charge is 0.101 e. The van der Waals surface area contributed by atoms with Gasteiger partial charge in [-0.05, 0) is 84.8 Å². The van der Waals surface area contributed by atoms with E-state index in [1.54, 1.807) is 0 Å². The van der Waals surface area contributed by atoms with E-state index in [-0.39, 0.29) is 12.0 Å². The van der Waals surface area contributed by atoms with E-state index < -0.39 is 0 Å². The van der Waals surface area contributed by atoms with E-state index in [0.717, 1.165) is 76.2 Å². The number of rotatable bonds is 7. The number of para-hydroxylation sites is 2. The average Bonchev–Trinajstić information content (AvgIpc) is 3.53. The Hall–Kier alpha value is -5.84. The number of nitrogens with zero attached hydrogens (tertiary/aromatic N) is 4. The third-order valence-corrected chi connectivity index (χ3v) is 10.6. The van der Waals surface area contributed by atoms with E-state index in [0.29, 0.717) is 11.1 Å². The predicted octanol–water partition coefficient (Wildman–Crippen LogP) is 11.3. The van der Waals surface area contributed by atoms with Gasteiger partial charge in [0.15, 0.2) is 0 Å². The number of allylic oxidation sites excluding steroid dienone is 2. The number of hydrogen-bond acceptors (Lipinski definition) is 2. The van der Waals surface area contributed by atoms with Crippen LogP contribution in [-0.4, -0.2) is 9.13 Å². The number of hydrogen-bond donors (Lipinski definition) is 0. The van der Waals surface area contributed by atoms with Crippen LogP contribution < -0.4 is 0 Å². The molecule has 238 valence electrons. The van der Waals surface area contributed by atoms with Crippen molar-refractivity contribution in [2.75, 3.05) is 0 Å². The summed E-state index contributed by atoms with van der Waals surface area (Å²) in [5.41, 5.74) is 11.9. The van der Waals surface area contributed by atoms with Crippen molar-refractivity contribution in [2.24, 2.45) is 0 Å². The highest BCUT2D eigenvalue weighted by atomic mass is 15.0. The second-order valence-corrected chi connectivity index (χ2v) is 13.3. The summed E-state index contributed by atoms with van der Waals surface area (Å²) >= 11 is 0. The Labute approximate surface area is 287 Å². The molecule has 0 amide bonds. The Morgan fingerprint density at radius 1 is 0.735 bits per heavy atom. The summed E-state index contributed by atoms with van der Waals surface area (Å²) in [7, 11) is 0. The molecule has 0 saturated heterocycles. The Kier molecular flexibility index (Phi) is 7.87. The van der Waals surface area contributed by atoms with E-state index in [9.17, 15) is 10.5 Å². The van der Waals surface area contributed by atoms with Gasteiger partial charge in [-0.2, -0.15) is 10.5 Å². The average molecular weight is 635 g/mol. The van der Waals surface area contributed by atoms with Crippen molar-refractivity contribution in [3.8, 4) is 29.0 Å². The van der Waals surface area contributed by atoms with Gasteiger partial charge in [-0.25, -0.2) is 0 Å². The van der Waals surface area contributed by atoms with Gasteiger partial charge in [0.1, 0.15) is 6.07 Å². The first-order chi connectivity index (χ1) is 24.1. The summed E-state index contributed by atoms with van der Waals surface area (Å²) in [6.07, 6.45) is 9.48. The van der Waals surface area contributed by atoms with Gasteiger partial charge in [0.05, 0.1) is 33.9 Å². The van der Waals surface area contributed by atoms with Crippen molar-refractivity contribution >= 4 is 32.7 Å². The van der Waals surface area contributed by atoms with Gasteiger partial charge in [0.2, 0.25) is 0 Å². The van der Waals surface area contributed by atoms with Crippen molar-refractivity contribution in [3.63, 3.8) is 0 Å². The molecule has 0 N–H and O–H groups in total. The van der Waals surface area contributed by atoms with Crippen molar-refractivity contribution in [3.05, 3.63) is 149 Å².